The number of amides is 1. The normalized spacial score (nSPS) is 23.2. The SMILES string of the molecule is O=C(N[C@H]1CCN(Cc2ccccc2)C1)[C@@H]1CCCc2ccccc21. The maximum absolute atomic E-state index is 12.9. The van der Waals surface area contributed by atoms with Crippen molar-refractivity contribution in [2.24, 2.45) is 0 Å². The van der Waals surface area contributed by atoms with Gasteiger partial charge in [0.25, 0.3) is 0 Å². The molecule has 2 atom stereocenters. The van der Waals surface area contributed by atoms with Crippen molar-refractivity contribution in [2.75, 3.05) is 13.1 Å². The molecule has 0 unspecified atom stereocenters. The molecule has 0 bridgehead atoms. The second kappa shape index (κ2) is 7.40. The quantitative estimate of drug-likeness (QED) is 0.928. The highest BCUT2D eigenvalue weighted by molar-refractivity contribution is 5.84. The van der Waals surface area contributed by atoms with Gasteiger partial charge in [-0.05, 0) is 42.4 Å². The number of likely N-dealkylation sites (tertiary alicyclic amines) is 1. The lowest BCUT2D eigenvalue weighted by Gasteiger charge is -2.26. The molecule has 1 aliphatic carbocycles. The van der Waals surface area contributed by atoms with E-state index in [1.54, 1.807) is 0 Å². The fourth-order valence-electron chi connectivity index (χ4n) is 4.26. The zero-order valence-corrected chi connectivity index (χ0v) is 14.7. The Balaban J connectivity index is 1.35. The number of aryl methyl sites for hydroxylation is 1. The third kappa shape index (κ3) is 3.77. The minimum atomic E-state index is 0.0353. The number of benzene rings is 2. The molecule has 1 fully saturated rings. The minimum absolute atomic E-state index is 0.0353. The Morgan fingerprint density at radius 1 is 1.04 bits per heavy atom. The van der Waals surface area contributed by atoms with Crippen molar-refractivity contribution in [1.29, 1.82) is 0 Å². The van der Waals surface area contributed by atoms with E-state index in [1.807, 2.05) is 0 Å². The Kier molecular flexibility index (Phi) is 4.84. The molecule has 0 saturated carbocycles. The Bertz CT molecular complexity index is 728. The summed E-state index contributed by atoms with van der Waals surface area (Å²) in [6.07, 6.45) is 4.24. The van der Waals surface area contributed by atoms with Crippen LogP contribution in [0, 0.1) is 0 Å². The van der Waals surface area contributed by atoms with Gasteiger partial charge in [0.05, 0.1) is 5.92 Å². The van der Waals surface area contributed by atoms with Crippen LogP contribution < -0.4 is 5.32 Å². The lowest BCUT2D eigenvalue weighted by Crippen LogP contribution is -2.40. The molecule has 2 aliphatic rings. The van der Waals surface area contributed by atoms with Gasteiger partial charge in [0, 0.05) is 25.7 Å². The molecule has 2 aromatic rings. The fraction of sp³-hybridized carbons (Fsp3) is 0.409. The van der Waals surface area contributed by atoms with Crippen molar-refractivity contribution in [3.05, 3.63) is 71.3 Å². The van der Waals surface area contributed by atoms with Crippen LogP contribution in [-0.4, -0.2) is 29.9 Å². The predicted molar refractivity (Wildman–Crippen MR) is 100 cm³/mol. The monoisotopic (exact) mass is 334 g/mol. The van der Waals surface area contributed by atoms with Crippen LogP contribution in [0.4, 0.5) is 0 Å². The molecule has 1 aliphatic heterocycles. The molecule has 0 radical (unpaired) electrons. The number of rotatable bonds is 4. The van der Waals surface area contributed by atoms with Gasteiger partial charge in [-0.15, -0.1) is 0 Å². The molecule has 0 spiro atoms. The molecule has 2 aromatic carbocycles. The molecule has 130 valence electrons. The van der Waals surface area contributed by atoms with E-state index in [4.69, 9.17) is 0 Å². The molecule has 3 nitrogen and oxygen atoms in total. The van der Waals surface area contributed by atoms with Crippen LogP contribution in [0.5, 0.6) is 0 Å². The number of nitrogens with zero attached hydrogens (tertiary/aromatic N) is 1. The number of carbonyl (C=O) groups is 1. The summed E-state index contributed by atoms with van der Waals surface area (Å²) in [5, 5.41) is 3.32. The van der Waals surface area contributed by atoms with Gasteiger partial charge in [0.15, 0.2) is 0 Å². The second-order valence-corrected chi connectivity index (χ2v) is 7.36. The van der Waals surface area contributed by atoms with Crippen LogP contribution in [0.2, 0.25) is 0 Å². The average Bonchev–Trinajstić information content (AvgIpc) is 3.09. The number of hydrogen-bond acceptors (Lipinski definition) is 2. The molecule has 1 heterocycles. The minimum Gasteiger partial charge on any atom is -0.352 e. The van der Waals surface area contributed by atoms with E-state index in [1.165, 1.54) is 16.7 Å². The van der Waals surface area contributed by atoms with Crippen LogP contribution in [0.25, 0.3) is 0 Å². The molecular weight excluding hydrogens is 308 g/mol. The first-order valence-corrected chi connectivity index (χ1v) is 9.44. The summed E-state index contributed by atoms with van der Waals surface area (Å²) < 4.78 is 0. The molecular formula is C22H26N2O. The largest absolute Gasteiger partial charge is 0.352 e. The standard InChI is InChI=1S/C22H26N2O/c25-22(21-12-6-10-18-9-4-5-11-20(18)21)23-19-13-14-24(16-19)15-17-7-2-1-3-8-17/h1-5,7-9,11,19,21H,6,10,12-16H2,(H,23,25)/t19-,21+/m0/s1. The van der Waals surface area contributed by atoms with Crippen LogP contribution in [0.3, 0.4) is 0 Å². The number of fused-ring (bicyclic) bond motifs is 1. The zero-order chi connectivity index (χ0) is 17.1. The lowest BCUT2D eigenvalue weighted by atomic mass is 9.82. The molecule has 1 N–H and O–H groups in total. The van der Waals surface area contributed by atoms with Gasteiger partial charge in [-0.3, -0.25) is 9.69 Å². The van der Waals surface area contributed by atoms with Crippen molar-refractivity contribution >= 4 is 5.91 Å². The maximum Gasteiger partial charge on any atom is 0.227 e. The summed E-state index contributed by atoms with van der Waals surface area (Å²) in [7, 11) is 0. The fourth-order valence-corrected chi connectivity index (χ4v) is 4.26. The molecule has 3 heteroatoms. The first-order valence-electron chi connectivity index (χ1n) is 9.44. The molecule has 1 amide bonds. The van der Waals surface area contributed by atoms with E-state index in [0.717, 1.165) is 45.3 Å². The van der Waals surface area contributed by atoms with Crippen LogP contribution >= 0.6 is 0 Å². The van der Waals surface area contributed by atoms with Gasteiger partial charge >= 0.3 is 0 Å². The number of carbonyl (C=O) groups excluding carboxylic acids is 1. The molecule has 4 rings (SSSR count). The van der Waals surface area contributed by atoms with Gasteiger partial charge in [-0.2, -0.15) is 0 Å². The van der Waals surface area contributed by atoms with E-state index < -0.39 is 0 Å². The Morgan fingerprint density at radius 2 is 1.84 bits per heavy atom. The van der Waals surface area contributed by atoms with E-state index in [2.05, 4.69) is 64.8 Å². The van der Waals surface area contributed by atoms with Gasteiger partial charge in [0.1, 0.15) is 0 Å². The topological polar surface area (TPSA) is 32.3 Å². The first-order chi connectivity index (χ1) is 12.3. The van der Waals surface area contributed by atoms with Crippen LogP contribution in [-0.2, 0) is 17.8 Å². The summed E-state index contributed by atoms with van der Waals surface area (Å²) in [5.41, 5.74) is 3.94. The van der Waals surface area contributed by atoms with Crippen molar-refractivity contribution in [3.63, 3.8) is 0 Å². The third-order valence-corrected chi connectivity index (χ3v) is 5.55. The summed E-state index contributed by atoms with van der Waals surface area (Å²) >= 11 is 0. The smallest absolute Gasteiger partial charge is 0.227 e. The molecule has 1 saturated heterocycles. The van der Waals surface area contributed by atoms with E-state index >= 15 is 0 Å². The molecule has 25 heavy (non-hydrogen) atoms. The molecule has 0 aromatic heterocycles. The van der Waals surface area contributed by atoms with Gasteiger partial charge in [-0.1, -0.05) is 54.6 Å². The van der Waals surface area contributed by atoms with Gasteiger partial charge in [0.2, 0.25) is 5.91 Å². The van der Waals surface area contributed by atoms with E-state index in [0.29, 0.717) is 0 Å². The average molecular weight is 334 g/mol. The maximum atomic E-state index is 12.9. The third-order valence-electron chi connectivity index (χ3n) is 5.55. The van der Waals surface area contributed by atoms with Crippen molar-refractivity contribution in [1.82, 2.24) is 10.2 Å². The van der Waals surface area contributed by atoms with Crippen molar-refractivity contribution < 1.29 is 4.79 Å². The highest BCUT2D eigenvalue weighted by atomic mass is 16.2. The van der Waals surface area contributed by atoms with E-state index in [-0.39, 0.29) is 17.9 Å². The van der Waals surface area contributed by atoms with Crippen molar-refractivity contribution in [2.45, 2.75) is 44.2 Å². The van der Waals surface area contributed by atoms with Crippen molar-refractivity contribution in [3.8, 4) is 0 Å². The lowest BCUT2D eigenvalue weighted by molar-refractivity contribution is -0.123. The second-order valence-electron chi connectivity index (χ2n) is 7.36. The summed E-state index contributed by atoms with van der Waals surface area (Å²) in [6, 6.07) is 19.3. The van der Waals surface area contributed by atoms with Gasteiger partial charge < -0.3 is 5.32 Å². The number of nitrogens with one attached hydrogen (secondary N) is 1. The van der Waals surface area contributed by atoms with E-state index in [9.17, 15) is 4.79 Å². The Labute approximate surface area is 150 Å². The Morgan fingerprint density at radius 3 is 2.72 bits per heavy atom. The highest BCUT2D eigenvalue weighted by Gasteiger charge is 2.30. The highest BCUT2D eigenvalue weighted by Crippen LogP contribution is 2.31. The number of hydrogen-bond donors (Lipinski definition) is 1. The van der Waals surface area contributed by atoms with Crippen LogP contribution in [0.1, 0.15) is 41.9 Å². The van der Waals surface area contributed by atoms with Gasteiger partial charge in [-0.25, -0.2) is 0 Å². The van der Waals surface area contributed by atoms with Crippen LogP contribution in [0.15, 0.2) is 54.6 Å². The summed E-state index contributed by atoms with van der Waals surface area (Å²) in [5.74, 6) is 0.256. The Hall–Kier alpha value is -2.13. The summed E-state index contributed by atoms with van der Waals surface area (Å²) in [4.78, 5) is 15.3. The summed E-state index contributed by atoms with van der Waals surface area (Å²) in [6.45, 7) is 2.98. The predicted octanol–water partition coefficient (Wildman–Crippen LogP) is 3.50. The zero-order valence-electron chi connectivity index (χ0n) is 14.7. The first kappa shape index (κ1) is 16.3.